The summed E-state index contributed by atoms with van der Waals surface area (Å²) < 4.78 is 9.52. The van der Waals surface area contributed by atoms with E-state index in [0.717, 1.165) is 6.92 Å². The maximum Gasteiger partial charge on any atom is 0.335 e. The van der Waals surface area contributed by atoms with Crippen molar-refractivity contribution in [3.05, 3.63) is 0 Å². The lowest BCUT2D eigenvalue weighted by atomic mass is 9.91. The molecule has 0 aromatic rings. The first kappa shape index (κ1) is 15.4. The van der Waals surface area contributed by atoms with Gasteiger partial charge in [-0.25, -0.2) is 0 Å². The fraction of sp³-hybridized carbons (Fsp3) is 0.727. The van der Waals surface area contributed by atoms with Crippen LogP contribution in [0.2, 0.25) is 0 Å². The summed E-state index contributed by atoms with van der Waals surface area (Å²) >= 11 is 0. The number of carbonyl (C=O) groups excluding carboxylic acids is 2. The molecule has 0 fully saturated rings. The highest BCUT2D eigenvalue weighted by Gasteiger charge is 2.52. The van der Waals surface area contributed by atoms with Crippen LogP contribution in [0.5, 0.6) is 0 Å². The van der Waals surface area contributed by atoms with E-state index < -0.39 is 35.5 Å². The predicted octanol–water partition coefficient (Wildman–Crippen LogP) is 0.980. The maximum atomic E-state index is 11.6. The van der Waals surface area contributed by atoms with Gasteiger partial charge in [-0.2, -0.15) is 0 Å². The molecule has 0 aromatic carbocycles. The van der Waals surface area contributed by atoms with Gasteiger partial charge in [-0.1, -0.05) is 0 Å². The molecule has 98 valence electrons. The summed E-state index contributed by atoms with van der Waals surface area (Å²) in [5.74, 6) is -3.83. The van der Waals surface area contributed by atoms with Gasteiger partial charge >= 0.3 is 17.9 Å². The third kappa shape index (κ3) is 3.72. The summed E-state index contributed by atoms with van der Waals surface area (Å²) in [7, 11) is 0. The minimum Gasteiger partial charge on any atom is -0.480 e. The summed E-state index contributed by atoms with van der Waals surface area (Å²) in [5.41, 5.74) is -2.32. The SMILES string of the molecule is CC(C)OC(=O)C(C)(C(=O)O)C(=O)OC(C)C. The van der Waals surface area contributed by atoms with Gasteiger partial charge in [0, 0.05) is 0 Å². The van der Waals surface area contributed by atoms with Gasteiger partial charge < -0.3 is 14.6 Å². The molecule has 0 saturated heterocycles. The second-order valence-electron chi connectivity index (χ2n) is 4.34. The van der Waals surface area contributed by atoms with Crippen LogP contribution >= 0.6 is 0 Å². The Morgan fingerprint density at radius 2 is 1.24 bits per heavy atom. The first-order valence-electron chi connectivity index (χ1n) is 5.28. The van der Waals surface area contributed by atoms with Gasteiger partial charge in [-0.15, -0.1) is 0 Å². The van der Waals surface area contributed by atoms with Crippen molar-refractivity contribution in [2.24, 2.45) is 5.41 Å². The zero-order valence-corrected chi connectivity index (χ0v) is 10.6. The molecule has 0 aromatic heterocycles. The van der Waals surface area contributed by atoms with Crippen molar-refractivity contribution in [3.8, 4) is 0 Å². The molecule has 6 nitrogen and oxygen atoms in total. The van der Waals surface area contributed by atoms with Crippen LogP contribution in [0.4, 0.5) is 0 Å². The second kappa shape index (κ2) is 5.65. The van der Waals surface area contributed by atoms with E-state index in [0.29, 0.717) is 0 Å². The van der Waals surface area contributed by atoms with E-state index >= 15 is 0 Å². The quantitative estimate of drug-likeness (QED) is 0.574. The third-order valence-corrected chi connectivity index (χ3v) is 1.93. The molecular weight excluding hydrogens is 228 g/mol. The summed E-state index contributed by atoms with van der Waals surface area (Å²) in [6.45, 7) is 7.23. The molecule has 0 aliphatic carbocycles. The fourth-order valence-corrected chi connectivity index (χ4v) is 0.922. The van der Waals surface area contributed by atoms with Gasteiger partial charge in [0.05, 0.1) is 12.2 Å². The Hall–Kier alpha value is -1.59. The second-order valence-corrected chi connectivity index (χ2v) is 4.34. The summed E-state index contributed by atoms with van der Waals surface area (Å²) in [6.07, 6.45) is -1.01. The van der Waals surface area contributed by atoms with E-state index in [2.05, 4.69) is 0 Å². The molecule has 0 amide bonds. The van der Waals surface area contributed by atoms with E-state index in [1.165, 1.54) is 0 Å². The highest BCUT2D eigenvalue weighted by atomic mass is 16.6. The van der Waals surface area contributed by atoms with E-state index in [9.17, 15) is 14.4 Å². The molecule has 0 rings (SSSR count). The number of carboxylic acids is 1. The van der Waals surface area contributed by atoms with Crippen LogP contribution in [0.15, 0.2) is 0 Å². The fourth-order valence-electron chi connectivity index (χ4n) is 0.922. The third-order valence-electron chi connectivity index (χ3n) is 1.93. The summed E-state index contributed by atoms with van der Waals surface area (Å²) in [4.78, 5) is 34.3. The normalized spacial score (nSPS) is 11.5. The molecule has 0 atom stereocenters. The standard InChI is InChI=1S/C11H18O6/c1-6(2)16-9(14)11(5,8(12)13)10(15)17-7(3)4/h6-7H,1-5H3,(H,12,13). The number of hydrogen-bond donors (Lipinski definition) is 1. The molecule has 0 aliphatic rings. The van der Waals surface area contributed by atoms with E-state index in [4.69, 9.17) is 14.6 Å². The molecule has 0 radical (unpaired) electrons. The Labute approximate surface area is 99.9 Å². The number of carbonyl (C=O) groups is 3. The largest absolute Gasteiger partial charge is 0.480 e. The van der Waals surface area contributed by atoms with Crippen molar-refractivity contribution in [3.63, 3.8) is 0 Å². The molecule has 0 heterocycles. The van der Waals surface area contributed by atoms with Crippen LogP contribution in [0.3, 0.4) is 0 Å². The molecule has 17 heavy (non-hydrogen) atoms. The summed E-state index contributed by atoms with van der Waals surface area (Å²) in [6, 6.07) is 0. The van der Waals surface area contributed by atoms with Crippen molar-refractivity contribution in [2.45, 2.75) is 46.8 Å². The monoisotopic (exact) mass is 246 g/mol. The lowest BCUT2D eigenvalue weighted by molar-refractivity contribution is -0.183. The minimum absolute atomic E-state index is 0.506. The molecule has 0 spiro atoms. The van der Waals surface area contributed by atoms with Crippen LogP contribution < -0.4 is 0 Å². The van der Waals surface area contributed by atoms with Crippen LogP contribution in [0.1, 0.15) is 34.6 Å². The highest BCUT2D eigenvalue weighted by molar-refractivity contribution is 6.16. The first-order chi connectivity index (χ1) is 7.62. The number of rotatable bonds is 5. The van der Waals surface area contributed by atoms with Crippen LogP contribution in [0.25, 0.3) is 0 Å². The number of ether oxygens (including phenoxy) is 2. The topological polar surface area (TPSA) is 89.9 Å². The van der Waals surface area contributed by atoms with Gasteiger partial charge in [0.15, 0.2) is 0 Å². The van der Waals surface area contributed by atoms with E-state index in [-0.39, 0.29) is 0 Å². The number of aliphatic carboxylic acids is 1. The molecular formula is C11H18O6. The molecule has 0 bridgehead atoms. The van der Waals surface area contributed by atoms with Crippen LogP contribution in [0, 0.1) is 5.41 Å². The molecule has 0 unspecified atom stereocenters. The van der Waals surface area contributed by atoms with Gasteiger partial charge in [0.2, 0.25) is 0 Å². The van der Waals surface area contributed by atoms with Gasteiger partial charge in [-0.3, -0.25) is 14.4 Å². The first-order valence-corrected chi connectivity index (χ1v) is 5.28. The molecule has 0 aliphatic heterocycles. The maximum absolute atomic E-state index is 11.6. The Bertz CT molecular complexity index is 296. The van der Waals surface area contributed by atoms with Crippen LogP contribution in [-0.2, 0) is 23.9 Å². The Balaban J connectivity index is 5.10. The Morgan fingerprint density at radius 1 is 0.941 bits per heavy atom. The molecule has 6 heteroatoms. The lowest BCUT2D eigenvalue weighted by Gasteiger charge is -2.23. The average molecular weight is 246 g/mol. The van der Waals surface area contributed by atoms with Gasteiger partial charge in [0.25, 0.3) is 5.41 Å². The average Bonchev–Trinajstić information content (AvgIpc) is 2.13. The number of carboxylic acid groups (broad SMARTS) is 1. The zero-order chi connectivity index (χ0) is 13.8. The predicted molar refractivity (Wildman–Crippen MR) is 58.2 cm³/mol. The summed E-state index contributed by atoms with van der Waals surface area (Å²) in [5, 5.41) is 9.00. The zero-order valence-electron chi connectivity index (χ0n) is 10.6. The Morgan fingerprint density at radius 3 is 1.41 bits per heavy atom. The van der Waals surface area contributed by atoms with Crippen molar-refractivity contribution in [2.75, 3.05) is 0 Å². The van der Waals surface area contributed by atoms with Crippen molar-refractivity contribution in [1.82, 2.24) is 0 Å². The van der Waals surface area contributed by atoms with E-state index in [1.54, 1.807) is 27.7 Å². The minimum atomic E-state index is -2.32. The number of esters is 2. The molecule has 0 saturated carbocycles. The van der Waals surface area contributed by atoms with Crippen molar-refractivity contribution < 1.29 is 29.0 Å². The van der Waals surface area contributed by atoms with Gasteiger partial charge in [-0.05, 0) is 34.6 Å². The smallest absolute Gasteiger partial charge is 0.335 e. The van der Waals surface area contributed by atoms with Crippen LogP contribution in [-0.4, -0.2) is 35.2 Å². The molecule has 1 N–H and O–H groups in total. The number of hydrogen-bond acceptors (Lipinski definition) is 5. The van der Waals surface area contributed by atoms with E-state index in [1.807, 2.05) is 0 Å². The lowest BCUT2D eigenvalue weighted by Crippen LogP contribution is -2.47. The van der Waals surface area contributed by atoms with Crippen molar-refractivity contribution in [1.29, 1.82) is 0 Å². The van der Waals surface area contributed by atoms with Crippen molar-refractivity contribution >= 4 is 17.9 Å². The highest BCUT2D eigenvalue weighted by Crippen LogP contribution is 2.23. The Kier molecular flexibility index (Phi) is 5.12. The van der Waals surface area contributed by atoms with Gasteiger partial charge in [0.1, 0.15) is 0 Å².